The van der Waals surface area contributed by atoms with Gasteiger partial charge in [-0.05, 0) is 19.1 Å². The first-order valence-corrected chi connectivity index (χ1v) is 6.15. The monoisotopic (exact) mass is 286 g/mol. The predicted molar refractivity (Wildman–Crippen MR) is 75.9 cm³/mol. The Kier molecular flexibility index (Phi) is 4.57. The summed E-state index contributed by atoms with van der Waals surface area (Å²) in [5.41, 5.74) is 3.92. The summed E-state index contributed by atoms with van der Waals surface area (Å²) in [6.07, 6.45) is 5.79. The highest BCUT2D eigenvalue weighted by Gasteiger charge is 2.09. The second-order valence-electron chi connectivity index (χ2n) is 4.22. The average Bonchev–Trinajstić information content (AvgIpc) is 2.51. The van der Waals surface area contributed by atoms with E-state index in [-0.39, 0.29) is 18.3 Å². The topological polar surface area (TPSA) is 108 Å². The average molecular weight is 286 g/mol. The van der Waals surface area contributed by atoms with Gasteiger partial charge in [-0.1, -0.05) is 0 Å². The number of aliphatic hydroxyl groups is 1. The fraction of sp³-hybridized carbons (Fsp3) is 0.143. The van der Waals surface area contributed by atoms with Crippen LogP contribution in [0.5, 0.6) is 5.75 Å². The van der Waals surface area contributed by atoms with Crippen molar-refractivity contribution in [1.82, 2.24) is 15.4 Å². The Labute approximate surface area is 121 Å². The standard InChI is InChI=1S/C14H14N4O3/c1-9-13(20)12(8-19)11(6-16-9)7-17-18-14(21)10-2-4-15-5-3-10/h2-7,19-20H,8H2,1H3,(H,18,21)/b17-7+. The molecule has 0 atom stereocenters. The molecule has 2 aromatic heterocycles. The maximum absolute atomic E-state index is 11.7. The van der Waals surface area contributed by atoms with Gasteiger partial charge in [-0.2, -0.15) is 5.10 Å². The van der Waals surface area contributed by atoms with Gasteiger partial charge in [0.15, 0.2) is 0 Å². The molecule has 0 spiro atoms. The van der Waals surface area contributed by atoms with E-state index in [9.17, 15) is 15.0 Å². The highest BCUT2D eigenvalue weighted by atomic mass is 16.3. The Morgan fingerprint density at radius 2 is 2.14 bits per heavy atom. The van der Waals surface area contributed by atoms with Crippen molar-refractivity contribution in [3.63, 3.8) is 0 Å². The number of pyridine rings is 2. The number of rotatable bonds is 4. The van der Waals surface area contributed by atoms with Gasteiger partial charge in [0, 0.05) is 35.3 Å². The van der Waals surface area contributed by atoms with Crippen LogP contribution in [0.3, 0.4) is 0 Å². The van der Waals surface area contributed by atoms with Gasteiger partial charge < -0.3 is 10.2 Å². The van der Waals surface area contributed by atoms with Crippen molar-refractivity contribution in [2.45, 2.75) is 13.5 Å². The van der Waals surface area contributed by atoms with Crippen molar-refractivity contribution < 1.29 is 15.0 Å². The minimum absolute atomic E-state index is 0.0816. The molecule has 0 bridgehead atoms. The molecule has 2 heterocycles. The number of aromatic nitrogens is 2. The third-order valence-electron chi connectivity index (χ3n) is 2.84. The minimum atomic E-state index is -0.386. The van der Waals surface area contributed by atoms with Crippen LogP contribution < -0.4 is 5.43 Å². The molecule has 7 nitrogen and oxygen atoms in total. The van der Waals surface area contributed by atoms with Crippen molar-refractivity contribution >= 4 is 12.1 Å². The molecule has 21 heavy (non-hydrogen) atoms. The van der Waals surface area contributed by atoms with E-state index in [2.05, 4.69) is 20.5 Å². The Morgan fingerprint density at radius 1 is 1.43 bits per heavy atom. The quantitative estimate of drug-likeness (QED) is 0.567. The lowest BCUT2D eigenvalue weighted by Gasteiger charge is -2.07. The molecule has 0 aromatic carbocycles. The van der Waals surface area contributed by atoms with Gasteiger partial charge in [-0.3, -0.25) is 14.8 Å². The molecule has 7 heteroatoms. The smallest absolute Gasteiger partial charge is 0.271 e. The number of hydrogen-bond acceptors (Lipinski definition) is 6. The Hall–Kier alpha value is -2.80. The molecule has 0 saturated heterocycles. The summed E-state index contributed by atoms with van der Waals surface area (Å²) in [7, 11) is 0. The van der Waals surface area contributed by atoms with E-state index in [4.69, 9.17) is 0 Å². The fourth-order valence-corrected chi connectivity index (χ4v) is 1.67. The highest BCUT2D eigenvalue weighted by molar-refractivity contribution is 5.94. The lowest BCUT2D eigenvalue weighted by Crippen LogP contribution is -2.17. The number of aryl methyl sites for hydroxylation is 1. The van der Waals surface area contributed by atoms with E-state index in [0.717, 1.165) is 0 Å². The van der Waals surface area contributed by atoms with Crippen LogP contribution in [0.1, 0.15) is 27.2 Å². The number of aliphatic hydroxyl groups excluding tert-OH is 1. The van der Waals surface area contributed by atoms with Crippen LogP contribution in [0.2, 0.25) is 0 Å². The molecule has 2 aromatic rings. The molecule has 0 saturated carbocycles. The zero-order valence-electron chi connectivity index (χ0n) is 11.3. The Bertz CT molecular complexity index is 671. The normalized spacial score (nSPS) is 10.8. The molecule has 3 N–H and O–H groups in total. The van der Waals surface area contributed by atoms with E-state index < -0.39 is 0 Å². The second kappa shape index (κ2) is 6.58. The van der Waals surface area contributed by atoms with Gasteiger partial charge in [-0.15, -0.1) is 0 Å². The second-order valence-corrected chi connectivity index (χ2v) is 4.22. The number of nitrogens with one attached hydrogen (secondary N) is 1. The first-order chi connectivity index (χ1) is 10.1. The number of carbonyl (C=O) groups excluding carboxylic acids is 1. The molecule has 0 aliphatic carbocycles. The first kappa shape index (κ1) is 14.6. The maximum Gasteiger partial charge on any atom is 0.271 e. The number of aromatic hydroxyl groups is 1. The largest absolute Gasteiger partial charge is 0.506 e. The van der Waals surface area contributed by atoms with E-state index in [1.807, 2.05) is 0 Å². The number of hydrogen-bond donors (Lipinski definition) is 3. The van der Waals surface area contributed by atoms with Crippen LogP contribution in [0.25, 0.3) is 0 Å². The van der Waals surface area contributed by atoms with E-state index >= 15 is 0 Å². The van der Waals surface area contributed by atoms with Gasteiger partial charge in [0.2, 0.25) is 0 Å². The van der Waals surface area contributed by atoms with Gasteiger partial charge >= 0.3 is 0 Å². The van der Waals surface area contributed by atoms with Gasteiger partial charge in [-0.25, -0.2) is 5.43 Å². The van der Waals surface area contributed by atoms with Crippen LogP contribution in [-0.4, -0.2) is 32.3 Å². The summed E-state index contributed by atoms with van der Waals surface area (Å²) in [5, 5.41) is 22.8. The minimum Gasteiger partial charge on any atom is -0.506 e. The van der Waals surface area contributed by atoms with Crippen molar-refractivity contribution in [1.29, 1.82) is 0 Å². The first-order valence-electron chi connectivity index (χ1n) is 6.15. The number of carbonyl (C=O) groups is 1. The molecule has 0 unspecified atom stereocenters. The zero-order valence-corrected chi connectivity index (χ0v) is 11.3. The van der Waals surface area contributed by atoms with Gasteiger partial charge in [0.1, 0.15) is 5.75 Å². The number of hydrazone groups is 1. The fourth-order valence-electron chi connectivity index (χ4n) is 1.67. The summed E-state index contributed by atoms with van der Waals surface area (Å²) in [5.74, 6) is -0.467. The van der Waals surface area contributed by atoms with Crippen LogP contribution in [0, 0.1) is 6.92 Å². The van der Waals surface area contributed by atoms with Crippen LogP contribution in [0.15, 0.2) is 35.8 Å². The SMILES string of the molecule is Cc1ncc(/C=N/NC(=O)c2ccncc2)c(CO)c1O. The zero-order chi connectivity index (χ0) is 15.2. The lowest BCUT2D eigenvalue weighted by atomic mass is 10.1. The summed E-state index contributed by atoms with van der Waals surface area (Å²) in [6, 6.07) is 3.12. The lowest BCUT2D eigenvalue weighted by molar-refractivity contribution is 0.0955. The van der Waals surface area contributed by atoms with Gasteiger partial charge in [0.05, 0.1) is 18.5 Å². The van der Waals surface area contributed by atoms with Crippen molar-refractivity contribution in [3.05, 3.63) is 53.1 Å². The summed E-state index contributed by atoms with van der Waals surface area (Å²) in [4.78, 5) is 19.5. The van der Waals surface area contributed by atoms with Crippen molar-refractivity contribution in [2.24, 2.45) is 5.10 Å². The van der Waals surface area contributed by atoms with Crippen molar-refractivity contribution in [3.8, 4) is 5.75 Å². The molecule has 2 rings (SSSR count). The van der Waals surface area contributed by atoms with E-state index in [1.54, 1.807) is 19.1 Å². The molecule has 0 aliphatic rings. The van der Waals surface area contributed by atoms with Crippen LogP contribution in [0.4, 0.5) is 0 Å². The molecule has 0 radical (unpaired) electrons. The van der Waals surface area contributed by atoms with Crippen molar-refractivity contribution in [2.75, 3.05) is 0 Å². The van der Waals surface area contributed by atoms with Gasteiger partial charge in [0.25, 0.3) is 5.91 Å². The predicted octanol–water partition coefficient (Wildman–Crippen LogP) is 0.747. The maximum atomic E-state index is 11.7. The summed E-state index contributed by atoms with van der Waals surface area (Å²) >= 11 is 0. The summed E-state index contributed by atoms with van der Waals surface area (Å²) in [6.45, 7) is 1.27. The molecule has 108 valence electrons. The molecule has 1 amide bonds. The van der Waals surface area contributed by atoms with E-state index in [1.165, 1.54) is 24.8 Å². The third-order valence-corrected chi connectivity index (χ3v) is 2.84. The van der Waals surface area contributed by atoms with Crippen LogP contribution >= 0.6 is 0 Å². The Morgan fingerprint density at radius 3 is 2.81 bits per heavy atom. The number of amides is 1. The third kappa shape index (κ3) is 3.40. The molecule has 0 aliphatic heterocycles. The number of nitrogens with zero attached hydrogens (tertiary/aromatic N) is 3. The van der Waals surface area contributed by atoms with Crippen LogP contribution in [-0.2, 0) is 6.61 Å². The highest BCUT2D eigenvalue weighted by Crippen LogP contribution is 2.22. The molecular weight excluding hydrogens is 272 g/mol. The van der Waals surface area contributed by atoms with E-state index in [0.29, 0.717) is 22.4 Å². The molecule has 0 fully saturated rings. The molecular formula is C14H14N4O3. The summed E-state index contributed by atoms with van der Waals surface area (Å²) < 4.78 is 0. The Balaban J connectivity index is 2.12.